The van der Waals surface area contributed by atoms with Crippen LogP contribution in [0.3, 0.4) is 0 Å². The van der Waals surface area contributed by atoms with E-state index in [9.17, 15) is 0 Å². The van der Waals surface area contributed by atoms with Crippen LogP contribution in [-0.2, 0) is 16.5 Å². The average molecular weight is 333 g/mol. The monoisotopic (exact) mass is 332 g/mol. The highest BCUT2D eigenvalue weighted by Gasteiger charge is 2.47. The first-order valence-corrected chi connectivity index (χ1v) is 19.1. The predicted molar refractivity (Wildman–Crippen MR) is 90.1 cm³/mol. The third-order valence-corrected chi connectivity index (χ3v) is 13.7. The van der Waals surface area contributed by atoms with Gasteiger partial charge in [-0.15, -0.1) is 0 Å². The van der Waals surface area contributed by atoms with E-state index in [2.05, 4.69) is 52.4 Å². The summed E-state index contributed by atoms with van der Waals surface area (Å²) in [4.78, 5) is 0. The van der Waals surface area contributed by atoms with Gasteiger partial charge in [0.25, 0.3) is 0 Å². The van der Waals surface area contributed by atoms with Crippen molar-refractivity contribution in [1.29, 1.82) is 0 Å². The molecule has 9 heteroatoms. The van der Waals surface area contributed by atoms with Crippen molar-refractivity contribution in [2.75, 3.05) is 0 Å². The van der Waals surface area contributed by atoms with Crippen LogP contribution in [0, 0.1) is 0 Å². The fraction of sp³-hybridized carbons (Fsp3) is 1.00. The minimum absolute atomic E-state index is 0. The molecule has 0 aromatic rings. The summed E-state index contributed by atoms with van der Waals surface area (Å²) in [6.45, 7) is 17.1. The summed E-state index contributed by atoms with van der Waals surface area (Å²) in [6.07, 6.45) is 0. The molecule has 0 saturated heterocycles. The van der Waals surface area contributed by atoms with Gasteiger partial charge in [0.05, 0.1) is 0 Å². The lowest BCUT2D eigenvalue weighted by molar-refractivity contribution is 0.164. The average Bonchev–Trinajstić information content (AvgIpc) is 1.95. The molecule has 104 valence electrons. The van der Waals surface area contributed by atoms with Gasteiger partial charge in [0.1, 0.15) is 0 Å². The van der Waals surface area contributed by atoms with Crippen LogP contribution in [0.5, 0.6) is 0 Å². The van der Waals surface area contributed by atoms with Crippen LogP contribution in [0.1, 0.15) is 5.71 Å². The van der Waals surface area contributed by atoms with E-state index in [0.29, 0.717) is 0 Å². The van der Waals surface area contributed by atoms with Gasteiger partial charge in [0, 0.05) is 0 Å². The van der Waals surface area contributed by atoms with E-state index in [1.807, 2.05) is 0 Å². The summed E-state index contributed by atoms with van der Waals surface area (Å²) in [5, 5.41) is 0. The van der Waals surface area contributed by atoms with Crippen LogP contribution in [-0.4, -0.2) is 45.2 Å². The summed E-state index contributed by atoms with van der Waals surface area (Å²) in [7, 11) is -7.68. The smallest absolute Gasteiger partial charge is 0.399 e. The lowest BCUT2D eigenvalue weighted by atomic mass is 11.9. The van der Waals surface area contributed by atoms with E-state index in [4.69, 9.17) is 16.5 Å². The molecule has 0 saturated carbocycles. The summed E-state index contributed by atoms with van der Waals surface area (Å²) < 4.78 is 24.3. The molecule has 0 aromatic heterocycles. The minimum atomic E-state index is -2.80. The van der Waals surface area contributed by atoms with E-state index in [1.54, 1.807) is 0 Å². The first kappa shape index (κ1) is 17.9. The van der Waals surface area contributed by atoms with Gasteiger partial charge in [-0.2, -0.15) is 0 Å². The molecule has 0 amide bonds. The molecule has 0 aliphatic heterocycles. The van der Waals surface area contributed by atoms with Crippen LogP contribution < -0.4 is 0 Å². The van der Waals surface area contributed by atoms with Gasteiger partial charge in [0.15, 0.2) is 36.2 Å². The van der Waals surface area contributed by atoms with E-state index in [-0.39, 0.29) is 5.71 Å². The Labute approximate surface area is 120 Å². The van der Waals surface area contributed by atoms with Crippen molar-refractivity contribution in [3.8, 4) is 0 Å². The van der Waals surface area contributed by atoms with Gasteiger partial charge in [-0.3, -0.25) is 0 Å². The second-order valence-corrected chi connectivity index (χ2v) is 18.3. The fourth-order valence-electron chi connectivity index (χ4n) is 1.32. The van der Waals surface area contributed by atoms with E-state index in [0.717, 1.165) is 0 Å². The first-order valence-electron chi connectivity index (χ1n) is 6.38. The molecule has 0 aliphatic carbocycles. The lowest BCUT2D eigenvalue weighted by Gasteiger charge is -2.35. The van der Waals surface area contributed by atoms with Crippen molar-refractivity contribution in [1.82, 2.24) is 0 Å². The highest BCUT2D eigenvalue weighted by molar-refractivity contribution is 6.80. The van der Waals surface area contributed by atoms with Crippen LogP contribution in [0.15, 0.2) is 0 Å². The molecule has 4 nitrogen and oxygen atoms in total. The van der Waals surface area contributed by atoms with Gasteiger partial charge >= 0.3 is 14.8 Å². The van der Waals surface area contributed by atoms with Gasteiger partial charge < -0.3 is 16.5 Å². The summed E-state index contributed by atoms with van der Waals surface area (Å²) in [5.41, 5.74) is 0. The van der Waals surface area contributed by atoms with Gasteiger partial charge in [-0.25, -0.2) is 0 Å². The van der Waals surface area contributed by atoms with Crippen molar-refractivity contribution < 1.29 is 22.2 Å². The van der Waals surface area contributed by atoms with Crippen molar-refractivity contribution in [2.24, 2.45) is 0 Å². The Morgan fingerprint density at radius 1 is 0.529 bits per heavy atom. The molecule has 0 atom stereocenters. The molecule has 17 heavy (non-hydrogen) atoms. The molecular weight excluding hydrogens is 301 g/mol. The molecule has 0 rings (SSSR count). The Bertz CT molecular complexity index is 181. The van der Waals surface area contributed by atoms with Crippen LogP contribution in [0.4, 0.5) is 0 Å². The lowest BCUT2D eigenvalue weighted by Crippen LogP contribution is -2.57. The fourth-order valence-corrected chi connectivity index (χ4v) is 14.9. The number of hydrogen-bond donors (Lipinski definition) is 0. The zero-order chi connectivity index (χ0) is 13.6. The Morgan fingerprint density at radius 2 is 0.706 bits per heavy atom. The Balaban J connectivity index is -0.000000213. The molecule has 0 radical (unpaired) electrons. The molecule has 0 aromatic carbocycles. The number of hydrogen-bond acceptors (Lipinski definition) is 4. The van der Waals surface area contributed by atoms with Crippen LogP contribution in [0.2, 0.25) is 52.4 Å². The maximum atomic E-state index is 6.09. The molecule has 0 fully saturated rings. The van der Waals surface area contributed by atoms with Gasteiger partial charge in [-0.05, 0) is 52.4 Å². The normalized spacial score (nSPS) is 13.4. The summed E-state index contributed by atoms with van der Waals surface area (Å²) in [6, 6.07) is 0. The molecule has 0 aliphatic rings. The molecule has 0 spiro atoms. The van der Waals surface area contributed by atoms with Gasteiger partial charge in [-0.1, -0.05) is 0 Å². The van der Waals surface area contributed by atoms with Crippen LogP contribution >= 0.6 is 0 Å². The van der Waals surface area contributed by atoms with Crippen molar-refractivity contribution in [3.63, 3.8) is 0 Å². The standard InChI is InChI=1S/C8H28O4Si5/c1-13(2)9-17(10-14(3)4,11-15(5)6)12-16(7)8/h13-16H,1-8H3/p+4. The zero-order valence-corrected chi connectivity index (χ0v) is 18.1. The third kappa shape index (κ3) is 8.61. The maximum absolute atomic E-state index is 6.09. The van der Waals surface area contributed by atoms with E-state index in [1.165, 1.54) is 0 Å². The van der Waals surface area contributed by atoms with Crippen molar-refractivity contribution in [2.45, 2.75) is 52.4 Å². The first-order chi connectivity index (χ1) is 7.67. The molecule has 0 heterocycles. The third-order valence-electron chi connectivity index (χ3n) is 1.52. The Hall–Kier alpha value is 0.924. The predicted octanol–water partition coefficient (Wildman–Crippen LogP) is 1.87. The largest absolute Gasteiger partial charge is 1.00 e. The minimum Gasteiger partial charge on any atom is -0.399 e. The van der Waals surface area contributed by atoms with E-state index >= 15 is 0 Å². The second-order valence-electron chi connectivity index (χ2n) is 5.17. The topological polar surface area (TPSA) is 36.9 Å². The SMILES string of the molecule is C[SiH](C)O[Si](O[SiH](C)C)(O[SiH](C)C)O[SiH](C)C.[H+].[H+].[H+].[H+]. The van der Waals surface area contributed by atoms with Crippen LogP contribution in [0.25, 0.3) is 0 Å². The molecule has 0 N–H and O–H groups in total. The summed E-state index contributed by atoms with van der Waals surface area (Å²) >= 11 is 0. The zero-order valence-electron chi connectivity index (χ0n) is 16.4. The second kappa shape index (κ2) is 8.17. The Morgan fingerprint density at radius 3 is 0.824 bits per heavy atom. The highest BCUT2D eigenvalue weighted by atomic mass is 28.5. The van der Waals surface area contributed by atoms with Gasteiger partial charge in [0.2, 0.25) is 0 Å². The molecular formula is C8H32O4Si5+4. The van der Waals surface area contributed by atoms with Crippen molar-refractivity contribution in [3.05, 3.63) is 0 Å². The summed E-state index contributed by atoms with van der Waals surface area (Å²) in [5.74, 6) is 0. The van der Waals surface area contributed by atoms with E-state index < -0.39 is 45.2 Å². The van der Waals surface area contributed by atoms with Crippen molar-refractivity contribution >= 4 is 45.2 Å². The molecule has 0 bridgehead atoms. The number of rotatable bonds is 8. The Kier molecular flexibility index (Phi) is 8.61. The quantitative estimate of drug-likeness (QED) is 0.636. The molecule has 0 unspecified atom stereocenters. The highest BCUT2D eigenvalue weighted by Crippen LogP contribution is 2.17. The maximum Gasteiger partial charge on any atom is 1.00 e.